The molecule has 1 aromatic carbocycles. The van der Waals surface area contributed by atoms with Crippen LogP contribution in [0, 0.1) is 25.2 Å². The van der Waals surface area contributed by atoms with Crippen LogP contribution in [0.15, 0.2) is 36.5 Å². The quantitative estimate of drug-likeness (QED) is 0.490. The molecule has 4 heterocycles. The highest BCUT2D eigenvalue weighted by Crippen LogP contribution is 2.34. The number of nitrogens with one attached hydrogen (secondary N) is 1. The van der Waals surface area contributed by atoms with Gasteiger partial charge in [-0.2, -0.15) is 5.26 Å². The lowest BCUT2D eigenvalue weighted by Crippen LogP contribution is -2.27. The van der Waals surface area contributed by atoms with Crippen molar-refractivity contribution >= 4 is 33.5 Å². The Bertz CT molecular complexity index is 1450. The number of fused-ring (bicyclic) bond motifs is 3. The first kappa shape index (κ1) is 22.0. The fourth-order valence-electron chi connectivity index (χ4n) is 4.78. The molecule has 0 bridgehead atoms. The summed E-state index contributed by atoms with van der Waals surface area (Å²) in [4.78, 5) is 26.9. The van der Waals surface area contributed by atoms with Crippen molar-refractivity contribution in [2.45, 2.75) is 52.2 Å². The number of pyridine rings is 2. The van der Waals surface area contributed by atoms with Gasteiger partial charge in [-0.05, 0) is 63.9 Å². The first-order valence-electron chi connectivity index (χ1n) is 11.5. The molecule has 0 spiro atoms. The lowest BCUT2D eigenvalue weighted by molar-refractivity contribution is -0.115. The molecule has 5 rings (SSSR count). The molecule has 2 atom stereocenters. The van der Waals surface area contributed by atoms with Crippen LogP contribution in [0.25, 0.3) is 21.9 Å². The van der Waals surface area contributed by atoms with Crippen LogP contribution >= 0.6 is 0 Å². The largest absolute Gasteiger partial charge is 0.378 e. The van der Waals surface area contributed by atoms with E-state index in [1.807, 2.05) is 38.1 Å². The predicted octanol–water partition coefficient (Wildman–Crippen LogP) is 4.39. The molecule has 0 radical (unpaired) electrons. The maximum absolute atomic E-state index is 13.1. The van der Waals surface area contributed by atoms with Gasteiger partial charge < -0.3 is 14.6 Å². The van der Waals surface area contributed by atoms with Crippen molar-refractivity contribution in [1.29, 1.82) is 5.26 Å². The fraction of sp³-hybridized carbons (Fsp3) is 0.346. The van der Waals surface area contributed by atoms with E-state index in [0.717, 1.165) is 46.2 Å². The van der Waals surface area contributed by atoms with E-state index in [2.05, 4.69) is 32.8 Å². The van der Waals surface area contributed by atoms with E-state index in [1.165, 1.54) is 0 Å². The number of anilines is 1. The maximum Gasteiger partial charge on any atom is 0.232 e. The second kappa shape index (κ2) is 8.84. The highest BCUT2D eigenvalue weighted by Gasteiger charge is 2.27. The van der Waals surface area contributed by atoms with Gasteiger partial charge in [0.25, 0.3) is 0 Å². The third-order valence-electron chi connectivity index (χ3n) is 6.36. The third kappa shape index (κ3) is 4.11. The number of hydrogen-bond donors (Lipinski definition) is 1. The average molecular weight is 455 g/mol. The van der Waals surface area contributed by atoms with Gasteiger partial charge in [0.1, 0.15) is 11.3 Å². The van der Waals surface area contributed by atoms with Crippen molar-refractivity contribution < 1.29 is 9.53 Å². The van der Waals surface area contributed by atoms with Crippen molar-refractivity contribution in [3.8, 4) is 6.07 Å². The molecule has 8 nitrogen and oxygen atoms in total. The van der Waals surface area contributed by atoms with Crippen LogP contribution in [0.3, 0.4) is 0 Å². The number of ether oxygens (including phenoxy) is 1. The number of aryl methyl sites for hydroxylation is 2. The van der Waals surface area contributed by atoms with Crippen LogP contribution in [-0.4, -0.2) is 38.1 Å². The number of benzene rings is 1. The number of nitrogens with zero attached hydrogens (tertiary/aromatic N) is 5. The molecule has 1 amide bonds. The zero-order chi connectivity index (χ0) is 23.8. The lowest BCUT2D eigenvalue weighted by Gasteiger charge is -2.30. The summed E-state index contributed by atoms with van der Waals surface area (Å²) in [5.41, 5.74) is 5.38. The van der Waals surface area contributed by atoms with E-state index in [9.17, 15) is 10.1 Å². The normalized spacial score (nSPS) is 18.2. The molecule has 1 fully saturated rings. The molecule has 8 heteroatoms. The predicted molar refractivity (Wildman–Crippen MR) is 129 cm³/mol. The Balaban J connectivity index is 1.60. The highest BCUT2D eigenvalue weighted by molar-refractivity contribution is 6.03. The summed E-state index contributed by atoms with van der Waals surface area (Å²) in [6.07, 6.45) is 3.63. The Morgan fingerprint density at radius 2 is 2.09 bits per heavy atom. The number of nitriles is 1. The van der Waals surface area contributed by atoms with E-state index >= 15 is 0 Å². The SMILES string of the molecule is Cc1ccc(NC(=O)Cc2nc3cnc4ccc(C#N)cc4c3n2[C@@H]2CCO[C@H](C)C2)c(C)n1. The zero-order valence-corrected chi connectivity index (χ0v) is 19.5. The molecular formula is C26H26N6O2. The van der Waals surface area contributed by atoms with Crippen molar-refractivity contribution in [1.82, 2.24) is 19.5 Å². The smallest absolute Gasteiger partial charge is 0.232 e. The number of amides is 1. The van der Waals surface area contributed by atoms with Crippen LogP contribution in [-0.2, 0) is 16.0 Å². The number of aromatic nitrogens is 4. The zero-order valence-electron chi connectivity index (χ0n) is 19.5. The number of carbonyl (C=O) groups is 1. The minimum absolute atomic E-state index is 0.113. The van der Waals surface area contributed by atoms with Crippen molar-refractivity contribution in [2.24, 2.45) is 0 Å². The summed E-state index contributed by atoms with van der Waals surface area (Å²) in [7, 11) is 0. The van der Waals surface area contributed by atoms with Crippen LogP contribution in [0.5, 0.6) is 0 Å². The van der Waals surface area contributed by atoms with E-state index < -0.39 is 0 Å². The molecule has 1 N–H and O–H groups in total. The average Bonchev–Trinajstić information content (AvgIpc) is 3.18. The van der Waals surface area contributed by atoms with Gasteiger partial charge in [0.2, 0.25) is 5.91 Å². The minimum Gasteiger partial charge on any atom is -0.378 e. The van der Waals surface area contributed by atoms with Crippen molar-refractivity contribution in [3.63, 3.8) is 0 Å². The molecule has 1 aliphatic rings. The van der Waals surface area contributed by atoms with Crippen LogP contribution < -0.4 is 5.32 Å². The summed E-state index contributed by atoms with van der Waals surface area (Å²) >= 11 is 0. The minimum atomic E-state index is -0.152. The lowest BCUT2D eigenvalue weighted by atomic mass is 10.0. The molecule has 1 aliphatic heterocycles. The van der Waals surface area contributed by atoms with E-state index in [0.29, 0.717) is 23.7 Å². The summed E-state index contributed by atoms with van der Waals surface area (Å²) in [5.74, 6) is 0.529. The summed E-state index contributed by atoms with van der Waals surface area (Å²) in [5, 5.41) is 13.3. The van der Waals surface area contributed by atoms with Crippen LogP contribution in [0.4, 0.5) is 5.69 Å². The second-order valence-corrected chi connectivity index (χ2v) is 8.90. The van der Waals surface area contributed by atoms with Gasteiger partial charge >= 0.3 is 0 Å². The maximum atomic E-state index is 13.1. The van der Waals surface area contributed by atoms with Crippen LogP contribution in [0.1, 0.15) is 48.6 Å². The standard InChI is InChI=1S/C26H26N6O2/c1-15-4-6-21(17(3)29-15)31-25(33)12-24-30-23-14-28-22-7-5-18(13-27)11-20(22)26(23)32(24)19-8-9-34-16(2)10-19/h4-7,11,14,16,19H,8-10,12H2,1-3H3,(H,31,33)/t16-,19-/m1/s1. The van der Waals surface area contributed by atoms with Gasteiger partial charge in [-0.15, -0.1) is 0 Å². The van der Waals surface area contributed by atoms with Crippen molar-refractivity contribution in [2.75, 3.05) is 11.9 Å². The Kier molecular flexibility index (Phi) is 5.72. The number of rotatable bonds is 4. The van der Waals surface area contributed by atoms with Gasteiger partial charge in [0.05, 0.1) is 52.8 Å². The number of imidazole rings is 1. The second-order valence-electron chi connectivity index (χ2n) is 8.90. The Labute approximate surface area is 197 Å². The Hall–Kier alpha value is -3.83. The number of hydrogen-bond acceptors (Lipinski definition) is 6. The molecule has 34 heavy (non-hydrogen) atoms. The molecule has 1 saturated heterocycles. The van der Waals surface area contributed by atoms with Gasteiger partial charge in [-0.1, -0.05) is 0 Å². The molecular weight excluding hydrogens is 428 g/mol. The molecule has 0 aliphatic carbocycles. The van der Waals surface area contributed by atoms with E-state index in [1.54, 1.807) is 12.3 Å². The molecule has 172 valence electrons. The third-order valence-corrected chi connectivity index (χ3v) is 6.36. The topological polar surface area (TPSA) is 106 Å². The molecule has 4 aromatic rings. The Morgan fingerprint density at radius 1 is 1.24 bits per heavy atom. The monoisotopic (exact) mass is 454 g/mol. The van der Waals surface area contributed by atoms with E-state index in [4.69, 9.17) is 9.72 Å². The molecule has 3 aromatic heterocycles. The van der Waals surface area contributed by atoms with Gasteiger partial charge in [-0.25, -0.2) is 4.98 Å². The summed E-state index contributed by atoms with van der Waals surface area (Å²) in [6.45, 7) is 6.52. The van der Waals surface area contributed by atoms with Gasteiger partial charge in [0.15, 0.2) is 0 Å². The van der Waals surface area contributed by atoms with Gasteiger partial charge in [0, 0.05) is 23.7 Å². The number of carbonyl (C=O) groups excluding carboxylic acids is 1. The van der Waals surface area contributed by atoms with Crippen molar-refractivity contribution in [3.05, 3.63) is 59.3 Å². The molecule has 0 unspecified atom stereocenters. The first-order chi connectivity index (χ1) is 16.4. The summed E-state index contributed by atoms with van der Waals surface area (Å²) < 4.78 is 7.97. The summed E-state index contributed by atoms with van der Waals surface area (Å²) in [6, 6.07) is 11.6. The Morgan fingerprint density at radius 3 is 2.85 bits per heavy atom. The van der Waals surface area contributed by atoms with Gasteiger partial charge in [-0.3, -0.25) is 14.8 Å². The van der Waals surface area contributed by atoms with E-state index in [-0.39, 0.29) is 24.5 Å². The fourth-order valence-corrected chi connectivity index (χ4v) is 4.78. The highest BCUT2D eigenvalue weighted by atomic mass is 16.5. The first-order valence-corrected chi connectivity index (χ1v) is 11.5. The van der Waals surface area contributed by atoms with Crippen LogP contribution in [0.2, 0.25) is 0 Å². The molecule has 0 saturated carbocycles.